The van der Waals surface area contributed by atoms with E-state index in [0.717, 1.165) is 17.7 Å². The van der Waals surface area contributed by atoms with Crippen molar-refractivity contribution in [2.45, 2.75) is 19.9 Å². The van der Waals surface area contributed by atoms with Gasteiger partial charge in [-0.15, -0.1) is 0 Å². The Morgan fingerprint density at radius 2 is 1.63 bits per heavy atom. The van der Waals surface area contributed by atoms with Crippen LogP contribution in [0.15, 0.2) is 83.3 Å². The number of aryl methyl sites for hydroxylation is 2. The molecule has 0 saturated carbocycles. The van der Waals surface area contributed by atoms with Crippen molar-refractivity contribution in [3.8, 4) is 11.5 Å². The third-order valence-corrected chi connectivity index (χ3v) is 5.11. The average Bonchev–Trinajstić information content (AvgIpc) is 3.37. The van der Waals surface area contributed by atoms with Crippen LogP contribution in [0.25, 0.3) is 11.5 Å². The molecule has 0 spiro atoms. The summed E-state index contributed by atoms with van der Waals surface area (Å²) in [6, 6.07) is 25.9. The summed E-state index contributed by atoms with van der Waals surface area (Å²) in [4.78, 5) is 15.4. The molecule has 2 aromatic heterocycles. The molecule has 0 atom stereocenters. The third kappa shape index (κ3) is 4.51. The molecule has 2 aromatic carbocycles. The molecule has 0 fully saturated rings. The van der Waals surface area contributed by atoms with Crippen LogP contribution in [0, 0.1) is 6.92 Å². The lowest BCUT2D eigenvalue weighted by molar-refractivity contribution is 0.0734. The predicted molar refractivity (Wildman–Crippen MR) is 117 cm³/mol. The van der Waals surface area contributed by atoms with Gasteiger partial charge in [-0.05, 0) is 36.6 Å². The first kappa shape index (κ1) is 19.7. The van der Waals surface area contributed by atoms with Crippen molar-refractivity contribution >= 4 is 5.91 Å². The van der Waals surface area contributed by atoms with Gasteiger partial charge in [0.05, 0.1) is 0 Å². The molecule has 0 radical (unpaired) electrons. The molecule has 1 amide bonds. The summed E-state index contributed by atoms with van der Waals surface area (Å²) in [5, 5.41) is 4.50. The molecule has 30 heavy (non-hydrogen) atoms. The molecule has 0 unspecified atom stereocenters. The maximum atomic E-state index is 13.5. The van der Waals surface area contributed by atoms with Gasteiger partial charge in [-0.2, -0.15) is 5.10 Å². The van der Waals surface area contributed by atoms with Crippen molar-refractivity contribution < 1.29 is 9.21 Å². The van der Waals surface area contributed by atoms with Crippen molar-refractivity contribution in [2.75, 3.05) is 6.54 Å². The molecule has 0 N–H and O–H groups in total. The van der Waals surface area contributed by atoms with Crippen LogP contribution in [0.3, 0.4) is 0 Å². The zero-order valence-corrected chi connectivity index (χ0v) is 17.3. The Kier molecular flexibility index (Phi) is 5.80. The smallest absolute Gasteiger partial charge is 0.272 e. The number of benzene rings is 2. The van der Waals surface area contributed by atoms with Crippen molar-refractivity contribution in [1.29, 1.82) is 0 Å². The molecule has 4 rings (SSSR count). The van der Waals surface area contributed by atoms with E-state index in [1.807, 2.05) is 72.5 Å². The molecule has 0 aliphatic rings. The molecule has 0 bridgehead atoms. The SMILES string of the molecule is Cc1ccc(-c2cc(C(=O)N(CCc3ccccc3)Cc3ccccc3)n(C)n2)o1. The van der Waals surface area contributed by atoms with E-state index >= 15 is 0 Å². The van der Waals surface area contributed by atoms with E-state index in [0.29, 0.717) is 30.2 Å². The summed E-state index contributed by atoms with van der Waals surface area (Å²) in [6.07, 6.45) is 0.793. The zero-order chi connectivity index (χ0) is 20.9. The fourth-order valence-corrected chi connectivity index (χ4v) is 3.49. The lowest BCUT2D eigenvalue weighted by atomic mass is 10.1. The van der Waals surface area contributed by atoms with Crippen LogP contribution >= 0.6 is 0 Å². The van der Waals surface area contributed by atoms with Crippen molar-refractivity contribution in [1.82, 2.24) is 14.7 Å². The Balaban J connectivity index is 1.59. The number of hydrogen-bond donors (Lipinski definition) is 0. The van der Waals surface area contributed by atoms with E-state index in [1.54, 1.807) is 17.8 Å². The minimum absolute atomic E-state index is 0.0423. The fourth-order valence-electron chi connectivity index (χ4n) is 3.49. The number of carbonyl (C=O) groups is 1. The van der Waals surface area contributed by atoms with E-state index in [9.17, 15) is 4.79 Å². The van der Waals surface area contributed by atoms with E-state index in [-0.39, 0.29) is 5.91 Å². The molecule has 2 heterocycles. The number of nitrogens with zero attached hydrogens (tertiary/aromatic N) is 3. The maximum absolute atomic E-state index is 13.5. The largest absolute Gasteiger partial charge is 0.460 e. The van der Waals surface area contributed by atoms with Crippen LogP contribution in [-0.2, 0) is 20.0 Å². The monoisotopic (exact) mass is 399 g/mol. The number of hydrogen-bond acceptors (Lipinski definition) is 3. The highest BCUT2D eigenvalue weighted by Crippen LogP contribution is 2.22. The highest BCUT2D eigenvalue weighted by molar-refractivity contribution is 5.93. The van der Waals surface area contributed by atoms with E-state index < -0.39 is 0 Å². The van der Waals surface area contributed by atoms with Crippen molar-refractivity contribution in [3.63, 3.8) is 0 Å². The molecule has 0 aliphatic carbocycles. The summed E-state index contributed by atoms with van der Waals surface area (Å²) in [6.45, 7) is 3.06. The summed E-state index contributed by atoms with van der Waals surface area (Å²) >= 11 is 0. The summed E-state index contributed by atoms with van der Waals surface area (Å²) in [5.74, 6) is 1.44. The van der Waals surface area contributed by atoms with Crippen molar-refractivity contribution in [3.05, 3.63) is 101 Å². The zero-order valence-electron chi connectivity index (χ0n) is 17.3. The molecule has 0 aliphatic heterocycles. The standard InChI is InChI=1S/C25H25N3O2/c1-19-13-14-24(30-19)22-17-23(27(2)26-22)25(29)28(18-21-11-7-4-8-12-21)16-15-20-9-5-3-6-10-20/h3-14,17H,15-16,18H2,1-2H3. The summed E-state index contributed by atoms with van der Waals surface area (Å²) in [7, 11) is 1.80. The number of amides is 1. The van der Waals surface area contributed by atoms with E-state index in [4.69, 9.17) is 4.42 Å². The minimum atomic E-state index is -0.0423. The second kappa shape index (κ2) is 8.82. The Morgan fingerprint density at radius 1 is 0.967 bits per heavy atom. The van der Waals surface area contributed by atoms with Gasteiger partial charge >= 0.3 is 0 Å². The minimum Gasteiger partial charge on any atom is -0.460 e. The molecule has 5 nitrogen and oxygen atoms in total. The van der Waals surface area contributed by atoms with Gasteiger partial charge in [-0.1, -0.05) is 60.7 Å². The molecular formula is C25H25N3O2. The van der Waals surface area contributed by atoms with Crippen LogP contribution in [0.5, 0.6) is 0 Å². The van der Waals surface area contributed by atoms with Crippen LogP contribution in [-0.4, -0.2) is 27.1 Å². The fraction of sp³-hybridized carbons (Fsp3) is 0.200. The summed E-state index contributed by atoms with van der Waals surface area (Å²) < 4.78 is 7.31. The Morgan fingerprint density at radius 3 is 2.27 bits per heavy atom. The van der Waals surface area contributed by atoms with Gasteiger partial charge < -0.3 is 9.32 Å². The second-order valence-corrected chi connectivity index (χ2v) is 7.40. The van der Waals surface area contributed by atoms with Crippen LogP contribution in [0.4, 0.5) is 0 Å². The third-order valence-electron chi connectivity index (χ3n) is 5.11. The number of carbonyl (C=O) groups excluding carboxylic acids is 1. The highest BCUT2D eigenvalue weighted by Gasteiger charge is 2.22. The Labute approximate surface area is 176 Å². The topological polar surface area (TPSA) is 51.3 Å². The lowest BCUT2D eigenvalue weighted by Crippen LogP contribution is -2.33. The summed E-state index contributed by atoms with van der Waals surface area (Å²) in [5.41, 5.74) is 3.52. The predicted octanol–water partition coefficient (Wildman–Crippen LogP) is 4.87. The normalized spacial score (nSPS) is 10.9. The van der Waals surface area contributed by atoms with Crippen LogP contribution < -0.4 is 0 Å². The number of rotatable bonds is 7. The van der Waals surface area contributed by atoms with Gasteiger partial charge in [-0.3, -0.25) is 9.48 Å². The first-order valence-electron chi connectivity index (χ1n) is 10.1. The molecule has 152 valence electrons. The Bertz CT molecular complexity index is 1110. The molecular weight excluding hydrogens is 374 g/mol. The van der Waals surface area contributed by atoms with Gasteiger partial charge in [0.1, 0.15) is 17.1 Å². The van der Waals surface area contributed by atoms with Gasteiger partial charge in [0.25, 0.3) is 5.91 Å². The van der Waals surface area contributed by atoms with Gasteiger partial charge in [0.2, 0.25) is 0 Å². The Hall–Kier alpha value is -3.60. The first-order valence-corrected chi connectivity index (χ1v) is 10.1. The maximum Gasteiger partial charge on any atom is 0.272 e. The molecule has 0 saturated heterocycles. The molecule has 5 heteroatoms. The quantitative estimate of drug-likeness (QED) is 0.445. The lowest BCUT2D eigenvalue weighted by Gasteiger charge is -2.23. The molecule has 4 aromatic rings. The van der Waals surface area contributed by atoms with Gasteiger partial charge in [0, 0.05) is 26.2 Å². The highest BCUT2D eigenvalue weighted by atomic mass is 16.3. The van der Waals surface area contributed by atoms with Crippen molar-refractivity contribution in [2.24, 2.45) is 7.05 Å². The van der Waals surface area contributed by atoms with Crippen LogP contribution in [0.2, 0.25) is 0 Å². The number of furan rings is 1. The first-order chi connectivity index (χ1) is 14.6. The number of aromatic nitrogens is 2. The average molecular weight is 399 g/mol. The van der Waals surface area contributed by atoms with Gasteiger partial charge in [-0.25, -0.2) is 0 Å². The van der Waals surface area contributed by atoms with Gasteiger partial charge in [0.15, 0.2) is 5.76 Å². The van der Waals surface area contributed by atoms with Crippen LogP contribution in [0.1, 0.15) is 27.4 Å². The van der Waals surface area contributed by atoms with E-state index in [1.165, 1.54) is 5.56 Å². The second-order valence-electron chi connectivity index (χ2n) is 7.40. The van der Waals surface area contributed by atoms with E-state index in [2.05, 4.69) is 17.2 Å².